The number of phenolic OH excluding ortho intramolecular Hbond substituents is 2. The van der Waals surface area contributed by atoms with Gasteiger partial charge in [0.1, 0.15) is 29.5 Å². The smallest absolute Gasteiger partial charge is 0.163 e. The van der Waals surface area contributed by atoms with Crippen molar-refractivity contribution in [3.8, 4) is 40.2 Å². The zero-order chi connectivity index (χ0) is 62.2. The third-order valence-electron chi connectivity index (χ3n) is 23.8. The number of ketones is 2. The lowest BCUT2D eigenvalue weighted by molar-refractivity contribution is -0.135. The summed E-state index contributed by atoms with van der Waals surface area (Å²) in [5, 5.41) is 83.6. The van der Waals surface area contributed by atoms with Gasteiger partial charge < -0.3 is 56.0 Å². The van der Waals surface area contributed by atoms with Gasteiger partial charge in [0.2, 0.25) is 0 Å². The molecule has 9 aliphatic rings. The van der Waals surface area contributed by atoms with Crippen LogP contribution in [0.15, 0.2) is 103 Å². The fourth-order valence-corrected chi connectivity index (χ4v) is 19.2. The molecule has 4 fully saturated rings. The number of hydrogen-bond acceptors (Lipinski definition) is 11. The summed E-state index contributed by atoms with van der Waals surface area (Å²) in [6, 6.07) is 25.2. The Morgan fingerprint density at radius 2 is 1.52 bits per heavy atom. The van der Waals surface area contributed by atoms with Crippen molar-refractivity contribution in [2.24, 2.45) is 28.6 Å². The van der Waals surface area contributed by atoms with Crippen LogP contribution in [0.1, 0.15) is 195 Å². The van der Waals surface area contributed by atoms with Crippen molar-refractivity contribution in [2.45, 2.75) is 189 Å². The number of hydrogen-bond donors (Lipinski definition) is 10. The highest BCUT2D eigenvalue weighted by atomic mass is 16.5. The van der Waals surface area contributed by atoms with E-state index in [-0.39, 0.29) is 71.6 Å². The predicted octanol–water partition coefficient (Wildman–Crippen LogP) is 12.5. The number of aliphatic hydroxyl groups excluding tert-OH is 3. The topological polar surface area (TPSA) is 220 Å². The van der Waals surface area contributed by atoms with Gasteiger partial charge in [-0.2, -0.15) is 0 Å². The van der Waals surface area contributed by atoms with Crippen LogP contribution in [0.4, 0.5) is 5.82 Å². The molecule has 2 aromatic heterocycles. The number of H-pyrrole nitrogens is 2. The molecule has 4 saturated carbocycles. The number of benzene rings is 4. The van der Waals surface area contributed by atoms with E-state index < -0.39 is 59.5 Å². The fourth-order valence-electron chi connectivity index (χ4n) is 19.2. The Bertz CT molecular complexity index is 3920. The number of carbonyl (C=O) groups is 2. The Morgan fingerprint density at radius 1 is 0.703 bits per heavy atom. The van der Waals surface area contributed by atoms with Crippen molar-refractivity contribution < 1.29 is 45.0 Å². The largest absolute Gasteiger partial charge is 0.507 e. The van der Waals surface area contributed by atoms with Gasteiger partial charge in [0.15, 0.2) is 17.3 Å². The summed E-state index contributed by atoms with van der Waals surface area (Å²) in [6.07, 6.45) is 24.1. The molecule has 3 spiro atoms. The van der Waals surface area contributed by atoms with Gasteiger partial charge in [0, 0.05) is 72.5 Å². The van der Waals surface area contributed by atoms with Crippen LogP contribution >= 0.6 is 0 Å². The van der Waals surface area contributed by atoms with Crippen LogP contribution in [0.25, 0.3) is 23.3 Å². The average Bonchev–Trinajstić information content (AvgIpc) is 1.59. The summed E-state index contributed by atoms with van der Waals surface area (Å²) in [6.45, 7) is 0.605. The van der Waals surface area contributed by atoms with E-state index in [4.69, 9.17) is 4.74 Å². The molecule has 10 unspecified atom stereocenters. The van der Waals surface area contributed by atoms with E-state index in [9.17, 15) is 30.6 Å². The Labute approximate surface area is 534 Å². The molecule has 15 rings (SSSR count). The zero-order valence-electron chi connectivity index (χ0n) is 52.3. The van der Waals surface area contributed by atoms with E-state index in [0.29, 0.717) is 65.8 Å². The quantitative estimate of drug-likeness (QED) is 0.0558. The number of aryl methyl sites for hydroxylation is 3. The molecule has 8 bridgehead atoms. The van der Waals surface area contributed by atoms with Gasteiger partial charge in [-0.25, -0.2) is 0 Å². The lowest BCUT2D eigenvalue weighted by Crippen LogP contribution is -2.47. The van der Waals surface area contributed by atoms with Crippen molar-refractivity contribution in [3.05, 3.63) is 164 Å². The Balaban J connectivity index is 0.978. The molecule has 6 aliphatic carbocycles. The molecule has 0 saturated heterocycles. The van der Waals surface area contributed by atoms with E-state index in [1.165, 1.54) is 32.1 Å². The monoisotopic (exact) mass is 1220 g/mol. The second-order valence-electron chi connectivity index (χ2n) is 29.2. The van der Waals surface area contributed by atoms with Gasteiger partial charge in [-0.05, 0) is 243 Å². The van der Waals surface area contributed by atoms with Crippen molar-refractivity contribution in [3.63, 3.8) is 0 Å². The number of aromatic amines is 2. The van der Waals surface area contributed by atoms with Crippen LogP contribution in [0.5, 0.6) is 17.2 Å². The number of phenols is 2. The fraction of sp³-hybridized carbons (Fsp3) is 0.487. The first-order valence-electron chi connectivity index (χ1n) is 34.3. The molecule has 3 aliphatic heterocycles. The Morgan fingerprint density at radius 3 is 2.37 bits per heavy atom. The molecular weight excluding hydrogens is 1140 g/mol. The molecule has 6 aromatic rings. The predicted molar refractivity (Wildman–Crippen MR) is 353 cm³/mol. The number of anilines is 1. The van der Waals surface area contributed by atoms with E-state index in [0.717, 1.165) is 121 Å². The van der Waals surface area contributed by atoms with Gasteiger partial charge in [-0.1, -0.05) is 79.3 Å². The SMILES string of the molecule is O=C1CCc2cc(OC3CCCC3)c(O)c(c2)C(O)c2cc3c4cc2-c2ccccc2CCCNCC(C#CC(Nc2[nH]ccc2C3)C2=Cc3[nH]ccc3C(CC3(O)C=Cc5c(O)cccc5CC3)C2C(=O)C1CCO)C(O)C41CCC2(CCC3(CCCC3)C2)C1. The molecule has 13 heteroatoms. The number of rotatable bonds is 6. The second-order valence-corrected chi connectivity index (χ2v) is 29.2. The maximum Gasteiger partial charge on any atom is 0.163 e. The molecular formula is C78H88N4O9. The van der Waals surface area contributed by atoms with Crippen molar-refractivity contribution in [1.82, 2.24) is 15.3 Å². The van der Waals surface area contributed by atoms with Crippen molar-refractivity contribution in [1.29, 1.82) is 0 Å². The minimum atomic E-state index is -1.48. The second kappa shape index (κ2) is 24.1. The highest BCUT2D eigenvalue weighted by Crippen LogP contribution is 2.68. The van der Waals surface area contributed by atoms with Gasteiger partial charge in [0.25, 0.3) is 0 Å². The Kier molecular flexibility index (Phi) is 15.9. The number of aromatic nitrogens is 2. The molecule has 10 atom stereocenters. The summed E-state index contributed by atoms with van der Waals surface area (Å²) in [5.41, 5.74) is 9.15. The first-order valence-corrected chi connectivity index (χ1v) is 34.3. The summed E-state index contributed by atoms with van der Waals surface area (Å²) >= 11 is 0. The minimum Gasteiger partial charge on any atom is -0.507 e. The zero-order valence-corrected chi connectivity index (χ0v) is 52.3. The molecule has 474 valence electrons. The lowest BCUT2D eigenvalue weighted by Gasteiger charge is -2.42. The highest BCUT2D eigenvalue weighted by molar-refractivity contribution is 6.05. The first kappa shape index (κ1) is 60.1. The summed E-state index contributed by atoms with van der Waals surface area (Å²) in [7, 11) is 0. The number of nitrogens with one attached hydrogen (secondary N) is 4. The van der Waals surface area contributed by atoms with Crippen molar-refractivity contribution in [2.75, 3.05) is 25.0 Å². The normalized spacial score (nSPS) is 30.2. The number of aliphatic hydroxyl groups is 4. The number of aromatic hydroxyl groups is 2. The van der Waals surface area contributed by atoms with Crippen LogP contribution < -0.4 is 15.4 Å². The number of ether oxygens (including phenoxy) is 1. The molecule has 10 N–H and O–H groups in total. The van der Waals surface area contributed by atoms with Crippen LogP contribution in [-0.2, 0) is 40.7 Å². The number of carbonyl (C=O) groups excluding carboxylic acids is 2. The number of fused-ring (bicyclic) bond motifs is 13. The van der Waals surface area contributed by atoms with Crippen LogP contribution in [0, 0.1) is 40.4 Å². The summed E-state index contributed by atoms with van der Waals surface area (Å²) < 4.78 is 6.74. The molecule has 0 radical (unpaired) electrons. The van der Waals surface area contributed by atoms with E-state index in [2.05, 4.69) is 74.9 Å². The first-order chi connectivity index (χ1) is 44.2. The average molecular weight is 1230 g/mol. The molecule has 91 heavy (non-hydrogen) atoms. The molecule has 13 nitrogen and oxygen atoms in total. The van der Waals surface area contributed by atoms with E-state index in [1.54, 1.807) is 24.3 Å². The van der Waals surface area contributed by atoms with Crippen molar-refractivity contribution >= 4 is 29.5 Å². The highest BCUT2D eigenvalue weighted by Gasteiger charge is 2.60. The van der Waals surface area contributed by atoms with Gasteiger partial charge in [0.05, 0.1) is 29.6 Å². The van der Waals surface area contributed by atoms with Gasteiger partial charge in [-0.15, -0.1) is 0 Å². The lowest BCUT2D eigenvalue weighted by atomic mass is 9.64. The van der Waals surface area contributed by atoms with E-state index >= 15 is 9.59 Å². The number of Topliss-reactive ketones (excluding diaryl/α,β-unsaturated/α-hetero) is 2. The maximum atomic E-state index is 16.6. The third-order valence-corrected chi connectivity index (χ3v) is 23.8. The molecule has 4 aromatic carbocycles. The maximum absolute atomic E-state index is 16.6. The van der Waals surface area contributed by atoms with Gasteiger partial charge in [-0.3, -0.25) is 9.59 Å². The summed E-state index contributed by atoms with van der Waals surface area (Å²) in [5.74, 6) is 4.06. The molecule has 5 heterocycles. The van der Waals surface area contributed by atoms with Gasteiger partial charge >= 0.3 is 0 Å². The Hall–Kier alpha value is -7.18. The third kappa shape index (κ3) is 11.0. The van der Waals surface area contributed by atoms with Crippen LogP contribution in [0.2, 0.25) is 0 Å². The standard InChI is InChI=1S/C78H88N4O9/c83-36-24-57-67(85)19-16-47-37-61(71(87)68(38-47)91-53-12-2-3-13-53)70(86)59-40-52-39-50-22-34-81-74(50)82-64(60-42-65-56(23-35-80-65)62(69(60)72(57)88)43-77(90)27-20-49-10-7-15-66(84)55(49)21-28-77)18-17-51-44-79-33-8-11-48-9-1-4-14-54(48)58(59)41-63(52)78(73(51)89)32-31-76(46-78)30-29-75(45-76)25-5-6-26-75/h1,4,7,9-10,14-15,21-23,28,34-35,37-38,40-42,51,53,57,62,64,69-70,73,79-84,86-87,89-90H,2-3,5-6,8,11-13,16,19-20,24-27,29-33,36,39,43-46H2. The van der Waals surface area contributed by atoms with Crippen LogP contribution in [0.3, 0.4) is 0 Å². The summed E-state index contributed by atoms with van der Waals surface area (Å²) in [4.78, 5) is 39.1. The minimum absolute atomic E-state index is 0.00158. The van der Waals surface area contributed by atoms with Crippen LogP contribution in [-0.4, -0.2) is 95.7 Å². The van der Waals surface area contributed by atoms with E-state index in [1.807, 2.05) is 42.7 Å². The molecule has 0 amide bonds.